The molecule has 5 nitrogen and oxygen atoms in total. The first-order valence-corrected chi connectivity index (χ1v) is 9.06. The predicted molar refractivity (Wildman–Crippen MR) is 108 cm³/mol. The highest BCUT2D eigenvalue weighted by atomic mass is 16.5. The van der Waals surface area contributed by atoms with Crippen molar-refractivity contribution in [2.45, 2.75) is 33.3 Å². The van der Waals surface area contributed by atoms with E-state index in [1.165, 1.54) is 0 Å². The molecule has 0 aliphatic carbocycles. The molecule has 0 saturated carbocycles. The highest BCUT2D eigenvalue weighted by Crippen LogP contribution is 2.35. The molecule has 1 aromatic heterocycles. The van der Waals surface area contributed by atoms with E-state index in [0.717, 1.165) is 34.3 Å². The largest absolute Gasteiger partial charge is 0.494 e. The van der Waals surface area contributed by atoms with Crippen LogP contribution in [-0.4, -0.2) is 23.0 Å². The molecule has 2 aromatic carbocycles. The van der Waals surface area contributed by atoms with Crippen LogP contribution in [0, 0.1) is 6.92 Å². The zero-order chi connectivity index (χ0) is 19.4. The maximum Gasteiger partial charge on any atom is 0.166 e. The fourth-order valence-electron chi connectivity index (χ4n) is 3.19. The Labute approximate surface area is 159 Å². The first kappa shape index (κ1) is 18.9. The van der Waals surface area contributed by atoms with Crippen LogP contribution >= 0.6 is 0 Å². The molecule has 0 saturated heterocycles. The number of nitrogens with zero attached hydrogens (tertiary/aromatic N) is 1. The molecule has 0 bridgehead atoms. The zero-order valence-corrected chi connectivity index (χ0v) is 15.9. The Morgan fingerprint density at radius 2 is 2.00 bits per heavy atom. The Morgan fingerprint density at radius 3 is 2.70 bits per heavy atom. The summed E-state index contributed by atoms with van der Waals surface area (Å²) in [6.07, 6.45) is 2.85. The minimum absolute atomic E-state index is 0.0338. The minimum atomic E-state index is -0.0338. The quantitative estimate of drug-likeness (QED) is 0.591. The molecule has 0 radical (unpaired) electrons. The summed E-state index contributed by atoms with van der Waals surface area (Å²) in [4.78, 5) is 17.2. The van der Waals surface area contributed by atoms with Gasteiger partial charge in [0.25, 0.3) is 0 Å². The highest BCUT2D eigenvalue weighted by Gasteiger charge is 2.18. The number of rotatable bonds is 7. The molecule has 0 amide bonds. The number of carbonyl (C=O) groups is 1. The molecule has 2 N–H and O–H groups in total. The summed E-state index contributed by atoms with van der Waals surface area (Å²) in [5, 5.41) is 13.8. The van der Waals surface area contributed by atoms with Gasteiger partial charge in [0.15, 0.2) is 5.78 Å². The fraction of sp³-hybridized carbons (Fsp3) is 0.273. The van der Waals surface area contributed by atoms with Crippen LogP contribution in [0.15, 0.2) is 42.6 Å². The lowest BCUT2D eigenvalue weighted by Crippen LogP contribution is -2.07. The number of Topliss-reactive ketones (excluding diaryl/α,β-unsaturated/α-hetero) is 1. The lowest BCUT2D eigenvalue weighted by atomic mass is 10.0. The van der Waals surface area contributed by atoms with Crippen LogP contribution in [-0.2, 0) is 6.61 Å². The van der Waals surface area contributed by atoms with Crippen molar-refractivity contribution in [2.75, 3.05) is 12.4 Å². The van der Waals surface area contributed by atoms with Crippen molar-refractivity contribution in [1.82, 2.24) is 4.98 Å². The van der Waals surface area contributed by atoms with Gasteiger partial charge in [-0.1, -0.05) is 31.2 Å². The smallest absolute Gasteiger partial charge is 0.166 e. The van der Waals surface area contributed by atoms with Gasteiger partial charge in [-0.3, -0.25) is 9.78 Å². The van der Waals surface area contributed by atoms with E-state index in [4.69, 9.17) is 4.74 Å². The van der Waals surface area contributed by atoms with Gasteiger partial charge in [0.05, 0.1) is 25.0 Å². The van der Waals surface area contributed by atoms with Gasteiger partial charge in [0.1, 0.15) is 11.3 Å². The average molecular weight is 364 g/mol. The molecule has 0 atom stereocenters. The molecule has 0 aliphatic rings. The summed E-state index contributed by atoms with van der Waals surface area (Å²) in [5.74, 6) is 0.707. The first-order chi connectivity index (χ1) is 13.1. The Kier molecular flexibility index (Phi) is 5.72. The molecule has 0 fully saturated rings. The third-order valence-electron chi connectivity index (χ3n) is 4.73. The molecule has 0 spiro atoms. The Morgan fingerprint density at radius 1 is 1.22 bits per heavy atom. The molecule has 27 heavy (non-hydrogen) atoms. The average Bonchev–Trinajstić information content (AvgIpc) is 2.69. The predicted octanol–water partition coefficient (Wildman–Crippen LogP) is 4.77. The molecule has 5 heteroatoms. The maximum atomic E-state index is 12.7. The van der Waals surface area contributed by atoms with Crippen LogP contribution in [0.25, 0.3) is 10.9 Å². The molecule has 140 valence electrons. The third kappa shape index (κ3) is 3.64. The lowest BCUT2D eigenvalue weighted by Gasteiger charge is -2.17. The van der Waals surface area contributed by atoms with Gasteiger partial charge in [-0.05, 0) is 36.6 Å². The second kappa shape index (κ2) is 8.18. The van der Waals surface area contributed by atoms with Crippen molar-refractivity contribution in [3.05, 3.63) is 59.3 Å². The number of fused-ring (bicyclic) bond motifs is 1. The van der Waals surface area contributed by atoms with Gasteiger partial charge in [-0.25, -0.2) is 0 Å². The van der Waals surface area contributed by atoms with Crippen molar-refractivity contribution in [3.63, 3.8) is 0 Å². The summed E-state index contributed by atoms with van der Waals surface area (Å²) < 4.78 is 5.43. The van der Waals surface area contributed by atoms with E-state index in [-0.39, 0.29) is 12.4 Å². The van der Waals surface area contributed by atoms with Gasteiger partial charge in [-0.2, -0.15) is 0 Å². The number of methoxy groups -OCH3 is 1. The van der Waals surface area contributed by atoms with Crippen LogP contribution < -0.4 is 10.1 Å². The van der Waals surface area contributed by atoms with Gasteiger partial charge in [0.2, 0.25) is 0 Å². The zero-order valence-electron chi connectivity index (χ0n) is 15.9. The second-order valence-corrected chi connectivity index (χ2v) is 6.45. The van der Waals surface area contributed by atoms with E-state index >= 15 is 0 Å². The summed E-state index contributed by atoms with van der Waals surface area (Å²) >= 11 is 0. The number of hydrogen-bond donors (Lipinski definition) is 2. The molecule has 1 heterocycles. The van der Waals surface area contributed by atoms with Crippen LogP contribution in [0.4, 0.5) is 11.4 Å². The van der Waals surface area contributed by atoms with Gasteiger partial charge in [0, 0.05) is 23.7 Å². The minimum Gasteiger partial charge on any atom is -0.494 e. The van der Waals surface area contributed by atoms with E-state index in [1.807, 2.05) is 50.2 Å². The molecule has 3 aromatic rings. The molecule has 0 unspecified atom stereocenters. The van der Waals surface area contributed by atoms with Crippen LogP contribution in [0.5, 0.6) is 5.75 Å². The number of nitrogens with one attached hydrogen (secondary N) is 1. The standard InChI is InChI=1S/C22H24N2O3/c1-4-7-19(26)17-12-23-22-16(9-6-11-20(22)27-3)21(17)24-18-10-5-8-15(13-25)14(18)2/h5-6,8-12,25H,4,7,13H2,1-3H3,(H,23,24). The summed E-state index contributed by atoms with van der Waals surface area (Å²) in [6.45, 7) is 3.90. The molecule has 0 aliphatic heterocycles. The summed E-state index contributed by atoms with van der Waals surface area (Å²) in [6, 6.07) is 11.4. The van der Waals surface area contributed by atoms with Crippen molar-refractivity contribution < 1.29 is 14.6 Å². The number of hydrogen-bond acceptors (Lipinski definition) is 5. The summed E-state index contributed by atoms with van der Waals surface area (Å²) in [7, 11) is 1.61. The van der Waals surface area contributed by atoms with E-state index < -0.39 is 0 Å². The SMILES string of the molecule is CCCC(=O)c1cnc2c(OC)cccc2c1Nc1cccc(CO)c1C. The van der Waals surface area contributed by atoms with Crippen molar-refractivity contribution in [1.29, 1.82) is 0 Å². The highest BCUT2D eigenvalue weighted by molar-refractivity contribution is 6.09. The topological polar surface area (TPSA) is 71.5 Å². The van der Waals surface area contributed by atoms with Gasteiger partial charge >= 0.3 is 0 Å². The van der Waals surface area contributed by atoms with Crippen molar-refractivity contribution in [2.24, 2.45) is 0 Å². The van der Waals surface area contributed by atoms with Gasteiger partial charge in [-0.15, -0.1) is 0 Å². The normalized spacial score (nSPS) is 10.8. The molecular formula is C22H24N2O3. The molecular weight excluding hydrogens is 340 g/mol. The van der Waals surface area contributed by atoms with E-state index in [9.17, 15) is 9.90 Å². The van der Waals surface area contributed by atoms with E-state index in [1.54, 1.807) is 13.3 Å². The van der Waals surface area contributed by atoms with E-state index in [0.29, 0.717) is 23.3 Å². The van der Waals surface area contributed by atoms with Crippen LogP contribution in [0.2, 0.25) is 0 Å². The molecule has 3 rings (SSSR count). The number of para-hydroxylation sites is 1. The van der Waals surface area contributed by atoms with Crippen LogP contribution in [0.1, 0.15) is 41.3 Å². The van der Waals surface area contributed by atoms with Crippen molar-refractivity contribution >= 4 is 28.1 Å². The van der Waals surface area contributed by atoms with Gasteiger partial charge < -0.3 is 15.2 Å². The maximum absolute atomic E-state index is 12.7. The Bertz CT molecular complexity index is 983. The number of ketones is 1. The number of ether oxygens (including phenoxy) is 1. The van der Waals surface area contributed by atoms with Crippen molar-refractivity contribution in [3.8, 4) is 5.75 Å². The second-order valence-electron chi connectivity index (χ2n) is 6.45. The number of aliphatic hydroxyl groups excluding tert-OH is 1. The van der Waals surface area contributed by atoms with Crippen LogP contribution in [0.3, 0.4) is 0 Å². The summed E-state index contributed by atoms with van der Waals surface area (Å²) in [5.41, 5.74) is 4.62. The lowest BCUT2D eigenvalue weighted by molar-refractivity contribution is 0.0982. The Balaban J connectivity index is 2.21. The number of benzene rings is 2. The number of carbonyl (C=O) groups excluding carboxylic acids is 1. The Hall–Kier alpha value is -2.92. The fourth-order valence-corrected chi connectivity index (χ4v) is 3.19. The first-order valence-electron chi connectivity index (χ1n) is 9.06. The number of aliphatic hydroxyl groups is 1. The monoisotopic (exact) mass is 364 g/mol. The number of pyridine rings is 1. The number of aromatic nitrogens is 1. The third-order valence-corrected chi connectivity index (χ3v) is 4.73. The number of anilines is 2. The van der Waals surface area contributed by atoms with E-state index in [2.05, 4.69) is 10.3 Å².